The van der Waals surface area contributed by atoms with Gasteiger partial charge in [0.25, 0.3) is 5.91 Å². The molecule has 32 heavy (non-hydrogen) atoms. The number of rotatable bonds is 7. The second-order valence-corrected chi connectivity index (χ2v) is 11.1. The van der Waals surface area contributed by atoms with Gasteiger partial charge < -0.3 is 5.32 Å². The molecule has 1 aromatic heterocycles. The molecule has 1 amide bonds. The predicted molar refractivity (Wildman–Crippen MR) is 126 cm³/mol. The summed E-state index contributed by atoms with van der Waals surface area (Å²) in [7, 11) is -1.86. The van der Waals surface area contributed by atoms with E-state index in [4.69, 9.17) is 16.7 Å². The number of benzene rings is 2. The van der Waals surface area contributed by atoms with Crippen molar-refractivity contribution >= 4 is 44.1 Å². The van der Waals surface area contributed by atoms with Gasteiger partial charge in [-0.05, 0) is 79.5 Å². The van der Waals surface area contributed by atoms with Crippen molar-refractivity contribution in [2.75, 3.05) is 24.2 Å². The number of nitrogens with one attached hydrogen (secondary N) is 1. The summed E-state index contributed by atoms with van der Waals surface area (Å²) in [5.41, 5.74) is 3.38. The lowest BCUT2D eigenvalue weighted by molar-refractivity contribution is 0.0957. The minimum absolute atomic E-state index is 0.255. The van der Waals surface area contributed by atoms with E-state index in [9.17, 15) is 13.2 Å². The van der Waals surface area contributed by atoms with Crippen LogP contribution in [0.5, 0.6) is 0 Å². The molecule has 9 heteroatoms. The van der Waals surface area contributed by atoms with Gasteiger partial charge in [0, 0.05) is 24.0 Å². The quantitative estimate of drug-likeness (QED) is 0.561. The van der Waals surface area contributed by atoms with E-state index < -0.39 is 10.0 Å². The van der Waals surface area contributed by atoms with E-state index in [1.807, 2.05) is 12.1 Å². The number of carbonyl (C=O) groups excluding carboxylic acids is 1. The first-order valence-corrected chi connectivity index (χ1v) is 13.0. The van der Waals surface area contributed by atoms with Gasteiger partial charge in [0.15, 0.2) is 0 Å². The average molecular weight is 473 g/mol. The number of nitrogens with zero attached hydrogens (tertiary/aromatic N) is 3. The highest BCUT2D eigenvalue weighted by atomic mass is 35.5. The number of hydrogen-bond acceptors (Lipinski definition) is 4. The summed E-state index contributed by atoms with van der Waals surface area (Å²) < 4.78 is 28.6. The first-order chi connectivity index (χ1) is 15.3. The van der Waals surface area contributed by atoms with E-state index in [2.05, 4.69) is 5.32 Å². The molecule has 3 aromatic rings. The Balaban J connectivity index is 1.74. The Hall–Kier alpha value is -2.58. The van der Waals surface area contributed by atoms with Crippen LogP contribution in [-0.4, -0.2) is 44.0 Å². The predicted octanol–water partition coefficient (Wildman–Crippen LogP) is 4.09. The number of amides is 1. The van der Waals surface area contributed by atoms with Gasteiger partial charge in [-0.2, -0.15) is 5.10 Å². The topological polar surface area (TPSA) is 84.3 Å². The third-order valence-corrected chi connectivity index (χ3v) is 7.54. The SMILES string of the molecule is CNC(=O)c1c2cc(C3CC3)c(N(CC3CC3)S(C)(=O)=O)cc2nn1-c1ccc(Cl)cc1. The number of hydrogen-bond donors (Lipinski definition) is 1. The van der Waals surface area contributed by atoms with Crippen LogP contribution in [-0.2, 0) is 10.0 Å². The zero-order valence-corrected chi connectivity index (χ0v) is 19.6. The first-order valence-electron chi connectivity index (χ1n) is 10.8. The van der Waals surface area contributed by atoms with Gasteiger partial charge in [-0.25, -0.2) is 13.1 Å². The Morgan fingerprint density at radius 2 is 1.88 bits per heavy atom. The monoisotopic (exact) mass is 472 g/mol. The molecule has 1 heterocycles. The Labute approximate surface area is 192 Å². The van der Waals surface area contributed by atoms with Crippen LogP contribution in [0.3, 0.4) is 0 Å². The minimum Gasteiger partial charge on any atom is -0.354 e. The third kappa shape index (κ3) is 3.97. The fourth-order valence-electron chi connectivity index (χ4n) is 4.13. The molecule has 2 saturated carbocycles. The average Bonchev–Trinajstić information content (AvgIpc) is 3.67. The van der Waals surface area contributed by atoms with Crippen LogP contribution in [0.15, 0.2) is 36.4 Å². The summed E-state index contributed by atoms with van der Waals surface area (Å²) in [5.74, 6) is 0.449. The highest BCUT2D eigenvalue weighted by Crippen LogP contribution is 2.47. The van der Waals surface area contributed by atoms with Crippen LogP contribution in [0, 0.1) is 5.92 Å². The second kappa shape index (κ2) is 7.78. The minimum atomic E-state index is -3.45. The fourth-order valence-corrected chi connectivity index (χ4v) is 5.25. The Morgan fingerprint density at radius 3 is 2.44 bits per heavy atom. The number of sulfonamides is 1. The van der Waals surface area contributed by atoms with Crippen LogP contribution in [0.25, 0.3) is 16.6 Å². The van der Waals surface area contributed by atoms with Crippen LogP contribution in [0.4, 0.5) is 5.69 Å². The van der Waals surface area contributed by atoms with Gasteiger partial charge in [0.2, 0.25) is 10.0 Å². The number of fused-ring (bicyclic) bond motifs is 1. The van der Waals surface area contributed by atoms with Crippen molar-refractivity contribution in [2.24, 2.45) is 5.92 Å². The molecule has 1 N–H and O–H groups in total. The van der Waals surface area contributed by atoms with E-state index in [0.29, 0.717) is 51.4 Å². The molecule has 168 valence electrons. The molecule has 2 aromatic carbocycles. The molecule has 7 nitrogen and oxygen atoms in total. The summed E-state index contributed by atoms with van der Waals surface area (Å²) in [6, 6.07) is 10.9. The first kappa shape index (κ1) is 21.3. The Morgan fingerprint density at radius 1 is 1.19 bits per heavy atom. The summed E-state index contributed by atoms with van der Waals surface area (Å²) in [4.78, 5) is 12.9. The molecule has 0 spiro atoms. The van der Waals surface area contributed by atoms with Crippen molar-refractivity contribution in [1.29, 1.82) is 0 Å². The number of carbonyl (C=O) groups is 1. The van der Waals surface area contributed by atoms with E-state index in [-0.39, 0.29) is 5.91 Å². The largest absolute Gasteiger partial charge is 0.354 e. The maximum absolute atomic E-state index is 12.9. The Bertz CT molecular complexity index is 1310. The number of halogens is 1. The number of aromatic nitrogens is 2. The summed E-state index contributed by atoms with van der Waals surface area (Å²) in [5, 5.41) is 8.73. The van der Waals surface area contributed by atoms with Gasteiger partial charge in [0.05, 0.1) is 23.1 Å². The molecule has 2 fully saturated rings. The zero-order chi connectivity index (χ0) is 22.6. The summed E-state index contributed by atoms with van der Waals surface area (Å²) in [6.07, 6.45) is 5.40. The normalized spacial score (nSPS) is 16.3. The van der Waals surface area contributed by atoms with Crippen molar-refractivity contribution in [3.63, 3.8) is 0 Å². The van der Waals surface area contributed by atoms with Crippen LogP contribution < -0.4 is 9.62 Å². The molecule has 2 aliphatic rings. The molecule has 0 radical (unpaired) electrons. The van der Waals surface area contributed by atoms with Crippen molar-refractivity contribution in [1.82, 2.24) is 15.1 Å². The maximum Gasteiger partial charge on any atom is 0.270 e. The third-order valence-electron chi connectivity index (χ3n) is 6.14. The second-order valence-electron chi connectivity index (χ2n) is 8.76. The van der Waals surface area contributed by atoms with Gasteiger partial charge in [0.1, 0.15) is 5.69 Å². The van der Waals surface area contributed by atoms with E-state index in [0.717, 1.165) is 31.2 Å². The maximum atomic E-state index is 12.9. The lowest BCUT2D eigenvalue weighted by Gasteiger charge is -2.25. The molecule has 0 aliphatic heterocycles. The van der Waals surface area contributed by atoms with Gasteiger partial charge in [-0.15, -0.1) is 0 Å². The molecule has 0 atom stereocenters. The van der Waals surface area contributed by atoms with Gasteiger partial charge in [-0.1, -0.05) is 11.6 Å². The molecule has 0 bridgehead atoms. The smallest absolute Gasteiger partial charge is 0.270 e. The molecule has 5 rings (SSSR count). The van der Waals surface area contributed by atoms with E-state index in [1.54, 1.807) is 40.3 Å². The highest BCUT2D eigenvalue weighted by molar-refractivity contribution is 7.92. The Kier molecular flexibility index (Phi) is 5.17. The van der Waals surface area contributed by atoms with Crippen molar-refractivity contribution in [2.45, 2.75) is 31.6 Å². The summed E-state index contributed by atoms with van der Waals surface area (Å²) >= 11 is 6.04. The van der Waals surface area contributed by atoms with Gasteiger partial charge in [-0.3, -0.25) is 9.10 Å². The zero-order valence-electron chi connectivity index (χ0n) is 18.0. The fraction of sp³-hybridized carbons (Fsp3) is 0.391. The lowest BCUT2D eigenvalue weighted by atomic mass is 10.0. The summed E-state index contributed by atoms with van der Waals surface area (Å²) in [6.45, 7) is 0.490. The van der Waals surface area contributed by atoms with Crippen molar-refractivity contribution in [3.05, 3.63) is 52.7 Å². The number of anilines is 1. The molecule has 0 saturated heterocycles. The van der Waals surface area contributed by atoms with E-state index >= 15 is 0 Å². The van der Waals surface area contributed by atoms with Gasteiger partial charge >= 0.3 is 0 Å². The van der Waals surface area contributed by atoms with Crippen molar-refractivity contribution in [3.8, 4) is 5.69 Å². The molecular weight excluding hydrogens is 448 g/mol. The molecule has 2 aliphatic carbocycles. The van der Waals surface area contributed by atoms with Crippen molar-refractivity contribution < 1.29 is 13.2 Å². The molecular formula is C23H25ClN4O3S. The van der Waals surface area contributed by atoms with Crippen LogP contribution >= 0.6 is 11.6 Å². The standard InChI is InChI=1S/C23H25ClN4O3S/c1-25-23(29)22-19-11-18(15-5-6-15)21(27(32(2,30)31)13-14-3-4-14)12-20(19)26-28(22)17-9-7-16(24)8-10-17/h7-12,14-15H,3-6,13H2,1-2H3,(H,25,29). The van der Waals surface area contributed by atoms with Crippen LogP contribution in [0.1, 0.15) is 47.7 Å². The van der Waals surface area contributed by atoms with E-state index in [1.165, 1.54) is 6.26 Å². The van der Waals surface area contributed by atoms with Crippen LogP contribution in [0.2, 0.25) is 5.02 Å². The highest BCUT2D eigenvalue weighted by Gasteiger charge is 2.35. The lowest BCUT2D eigenvalue weighted by Crippen LogP contribution is -2.32. The molecule has 0 unspecified atom stereocenters.